The van der Waals surface area contributed by atoms with E-state index in [9.17, 15) is 14.4 Å². The van der Waals surface area contributed by atoms with Gasteiger partial charge in [0.15, 0.2) is 6.10 Å². The molecule has 0 saturated heterocycles. The summed E-state index contributed by atoms with van der Waals surface area (Å²) in [7, 11) is 0. The third kappa shape index (κ3) is 39.5. The summed E-state index contributed by atoms with van der Waals surface area (Å²) in [6, 6.07) is 0. The van der Waals surface area contributed by atoms with E-state index >= 15 is 0 Å². The standard InChI is InChI=1S/C45H86O6/c1-5-7-9-11-12-13-14-15-16-17-18-19-20-21-22-25-29-32-36-43(46)49-39-42(51-45(48)38-34-27-10-8-6-2)40-50-44(47)37-33-30-26-23-24-28-31-35-41(3)4/h41-42H,5-40H2,1-4H3/t42-/m0/s1. The van der Waals surface area contributed by atoms with E-state index in [0.29, 0.717) is 19.3 Å². The summed E-state index contributed by atoms with van der Waals surface area (Å²) in [4.78, 5) is 37.4. The zero-order chi connectivity index (χ0) is 37.5. The predicted molar refractivity (Wildman–Crippen MR) is 215 cm³/mol. The monoisotopic (exact) mass is 723 g/mol. The summed E-state index contributed by atoms with van der Waals surface area (Å²) in [6.45, 7) is 8.86. The van der Waals surface area contributed by atoms with Crippen LogP contribution in [0.25, 0.3) is 0 Å². The Balaban J connectivity index is 4.08. The smallest absolute Gasteiger partial charge is 0.306 e. The van der Waals surface area contributed by atoms with Gasteiger partial charge in [-0.1, -0.05) is 207 Å². The van der Waals surface area contributed by atoms with Gasteiger partial charge in [-0.15, -0.1) is 0 Å². The lowest BCUT2D eigenvalue weighted by atomic mass is 10.0. The molecule has 0 bridgehead atoms. The molecule has 0 saturated carbocycles. The lowest BCUT2D eigenvalue weighted by Crippen LogP contribution is -2.30. The second-order valence-corrected chi connectivity index (χ2v) is 15.8. The van der Waals surface area contributed by atoms with Crippen LogP contribution < -0.4 is 0 Å². The van der Waals surface area contributed by atoms with Crippen LogP contribution in [-0.2, 0) is 28.6 Å². The highest BCUT2D eigenvalue weighted by Crippen LogP contribution is 2.16. The van der Waals surface area contributed by atoms with Gasteiger partial charge in [-0.2, -0.15) is 0 Å². The molecule has 0 aliphatic rings. The minimum absolute atomic E-state index is 0.0659. The molecular formula is C45H86O6. The molecule has 51 heavy (non-hydrogen) atoms. The van der Waals surface area contributed by atoms with E-state index < -0.39 is 6.10 Å². The van der Waals surface area contributed by atoms with Crippen molar-refractivity contribution in [1.82, 2.24) is 0 Å². The fourth-order valence-corrected chi connectivity index (χ4v) is 6.63. The van der Waals surface area contributed by atoms with Gasteiger partial charge in [0, 0.05) is 19.3 Å². The predicted octanol–water partition coefficient (Wildman–Crippen LogP) is 13.9. The van der Waals surface area contributed by atoms with Crippen LogP contribution in [0.15, 0.2) is 0 Å². The van der Waals surface area contributed by atoms with E-state index in [1.807, 2.05) is 0 Å². The first-order valence-electron chi connectivity index (χ1n) is 22.4. The van der Waals surface area contributed by atoms with Crippen molar-refractivity contribution >= 4 is 17.9 Å². The van der Waals surface area contributed by atoms with Crippen LogP contribution in [0.4, 0.5) is 0 Å². The Kier molecular flexibility index (Phi) is 38.4. The van der Waals surface area contributed by atoms with Crippen LogP contribution in [-0.4, -0.2) is 37.2 Å². The summed E-state index contributed by atoms with van der Waals surface area (Å²) in [6.07, 6.45) is 38.5. The zero-order valence-corrected chi connectivity index (χ0v) is 34.6. The first-order chi connectivity index (χ1) is 24.9. The van der Waals surface area contributed by atoms with Crippen molar-refractivity contribution in [3.63, 3.8) is 0 Å². The van der Waals surface area contributed by atoms with Crippen molar-refractivity contribution in [3.8, 4) is 0 Å². The van der Waals surface area contributed by atoms with E-state index in [2.05, 4.69) is 27.7 Å². The molecule has 0 unspecified atom stereocenters. The first-order valence-corrected chi connectivity index (χ1v) is 22.4. The molecule has 0 aromatic carbocycles. The molecule has 0 fully saturated rings. The lowest BCUT2D eigenvalue weighted by Gasteiger charge is -2.18. The lowest BCUT2D eigenvalue weighted by molar-refractivity contribution is -0.167. The molecule has 1 atom stereocenters. The van der Waals surface area contributed by atoms with Crippen LogP contribution >= 0.6 is 0 Å². The zero-order valence-electron chi connectivity index (χ0n) is 34.6. The van der Waals surface area contributed by atoms with E-state index in [4.69, 9.17) is 14.2 Å². The Morgan fingerprint density at radius 3 is 0.961 bits per heavy atom. The number of hydrogen-bond acceptors (Lipinski definition) is 6. The van der Waals surface area contributed by atoms with E-state index in [-0.39, 0.29) is 31.1 Å². The maximum Gasteiger partial charge on any atom is 0.306 e. The Hall–Kier alpha value is -1.59. The molecule has 0 rings (SSSR count). The summed E-state index contributed by atoms with van der Waals surface area (Å²) in [5.74, 6) is -0.0918. The number of carbonyl (C=O) groups is 3. The van der Waals surface area contributed by atoms with Crippen LogP contribution in [0, 0.1) is 5.92 Å². The fourth-order valence-electron chi connectivity index (χ4n) is 6.63. The van der Waals surface area contributed by atoms with E-state index in [1.165, 1.54) is 135 Å². The van der Waals surface area contributed by atoms with Crippen molar-refractivity contribution in [2.24, 2.45) is 5.92 Å². The number of unbranched alkanes of at least 4 members (excludes halogenated alkanes) is 27. The Bertz CT molecular complexity index is 766. The molecule has 0 N–H and O–H groups in total. The van der Waals surface area contributed by atoms with Crippen LogP contribution in [0.2, 0.25) is 0 Å². The molecule has 0 radical (unpaired) electrons. The summed E-state index contributed by atoms with van der Waals surface area (Å²) >= 11 is 0. The molecule has 6 nitrogen and oxygen atoms in total. The average molecular weight is 723 g/mol. The highest BCUT2D eigenvalue weighted by molar-refractivity contribution is 5.71. The van der Waals surface area contributed by atoms with Gasteiger partial charge < -0.3 is 14.2 Å². The third-order valence-electron chi connectivity index (χ3n) is 10.0. The molecular weight excluding hydrogens is 636 g/mol. The normalized spacial score (nSPS) is 11.9. The Morgan fingerprint density at radius 2 is 0.647 bits per heavy atom. The van der Waals surface area contributed by atoms with E-state index in [0.717, 1.165) is 70.1 Å². The maximum absolute atomic E-state index is 12.5. The van der Waals surface area contributed by atoms with Gasteiger partial charge in [0.05, 0.1) is 0 Å². The van der Waals surface area contributed by atoms with Gasteiger partial charge in [0.25, 0.3) is 0 Å². The largest absolute Gasteiger partial charge is 0.462 e. The van der Waals surface area contributed by atoms with Gasteiger partial charge in [0.1, 0.15) is 13.2 Å². The number of rotatable bonds is 40. The van der Waals surface area contributed by atoms with Gasteiger partial charge in [0.2, 0.25) is 0 Å². The maximum atomic E-state index is 12.5. The van der Waals surface area contributed by atoms with Crippen LogP contribution in [0.3, 0.4) is 0 Å². The SMILES string of the molecule is CCCCCCCCCCCCCCCCCCCCC(=O)OC[C@@H](COC(=O)CCCCCCCCCC(C)C)OC(=O)CCCCCCC. The Labute approximate surface area is 317 Å². The Morgan fingerprint density at radius 1 is 0.373 bits per heavy atom. The average Bonchev–Trinajstić information content (AvgIpc) is 3.11. The van der Waals surface area contributed by atoms with Gasteiger partial charge in [-0.3, -0.25) is 14.4 Å². The van der Waals surface area contributed by atoms with Crippen molar-refractivity contribution < 1.29 is 28.6 Å². The summed E-state index contributed by atoms with van der Waals surface area (Å²) in [5, 5.41) is 0. The molecule has 302 valence electrons. The van der Waals surface area contributed by atoms with Gasteiger partial charge in [-0.05, 0) is 25.2 Å². The summed E-state index contributed by atoms with van der Waals surface area (Å²) in [5.41, 5.74) is 0. The molecule has 0 aromatic rings. The second-order valence-electron chi connectivity index (χ2n) is 15.8. The topological polar surface area (TPSA) is 78.9 Å². The number of esters is 3. The van der Waals surface area contributed by atoms with Crippen molar-refractivity contribution in [2.45, 2.75) is 252 Å². The van der Waals surface area contributed by atoms with Crippen molar-refractivity contribution in [3.05, 3.63) is 0 Å². The molecule has 0 heterocycles. The van der Waals surface area contributed by atoms with Gasteiger partial charge in [-0.25, -0.2) is 0 Å². The van der Waals surface area contributed by atoms with Crippen LogP contribution in [0.1, 0.15) is 246 Å². The number of carbonyl (C=O) groups excluding carboxylic acids is 3. The molecule has 0 aliphatic carbocycles. The third-order valence-corrected chi connectivity index (χ3v) is 10.0. The van der Waals surface area contributed by atoms with Gasteiger partial charge >= 0.3 is 17.9 Å². The molecule has 6 heteroatoms. The van der Waals surface area contributed by atoms with Crippen molar-refractivity contribution in [1.29, 1.82) is 0 Å². The second kappa shape index (κ2) is 39.6. The molecule has 0 spiro atoms. The molecule has 0 aliphatic heterocycles. The summed E-state index contributed by atoms with van der Waals surface area (Å²) < 4.78 is 16.6. The van der Waals surface area contributed by atoms with E-state index in [1.54, 1.807) is 0 Å². The minimum atomic E-state index is -0.757. The highest BCUT2D eigenvalue weighted by atomic mass is 16.6. The number of hydrogen-bond donors (Lipinski definition) is 0. The highest BCUT2D eigenvalue weighted by Gasteiger charge is 2.19. The molecule has 0 amide bonds. The molecule has 0 aromatic heterocycles. The fraction of sp³-hybridized carbons (Fsp3) is 0.933. The minimum Gasteiger partial charge on any atom is -0.462 e. The first kappa shape index (κ1) is 49.4. The number of ether oxygens (including phenoxy) is 3. The van der Waals surface area contributed by atoms with Crippen LogP contribution in [0.5, 0.6) is 0 Å². The quantitative estimate of drug-likeness (QED) is 0.0356. The van der Waals surface area contributed by atoms with Crippen molar-refractivity contribution in [2.75, 3.05) is 13.2 Å².